The summed E-state index contributed by atoms with van der Waals surface area (Å²) in [5.74, 6) is 1.04. The Balaban J connectivity index is 1.84. The van der Waals surface area contributed by atoms with Gasteiger partial charge in [0.15, 0.2) is 11.4 Å². The number of esters is 1. The number of aryl methyl sites for hydroxylation is 1. The van der Waals surface area contributed by atoms with E-state index in [9.17, 15) is 4.79 Å². The highest BCUT2D eigenvalue weighted by Gasteiger charge is 2.23. The Hall–Kier alpha value is -2.21. The van der Waals surface area contributed by atoms with E-state index in [0.29, 0.717) is 24.7 Å². The summed E-state index contributed by atoms with van der Waals surface area (Å²) in [7, 11) is 0. The van der Waals surface area contributed by atoms with E-state index >= 15 is 0 Å². The minimum Gasteiger partial charge on any atom is -0.491 e. The molecule has 2 aromatic rings. The Morgan fingerprint density at radius 3 is 2.57 bits per heavy atom. The van der Waals surface area contributed by atoms with Gasteiger partial charge in [-0.05, 0) is 64.3 Å². The van der Waals surface area contributed by atoms with Gasteiger partial charge in [-0.1, -0.05) is 20.3 Å². The summed E-state index contributed by atoms with van der Waals surface area (Å²) in [4.78, 5) is 18.5. The lowest BCUT2D eigenvalue weighted by Gasteiger charge is -2.25. The Morgan fingerprint density at radius 1 is 1.13 bits per heavy atom. The summed E-state index contributed by atoms with van der Waals surface area (Å²) >= 11 is 0. The van der Waals surface area contributed by atoms with E-state index in [1.165, 1.54) is 19.3 Å². The SMILES string of the molecule is CCCOc1c(C(=O)OCCN2CCCCC2)[nH]c2cc(OC(C)C)cc(CC)c12. The molecule has 1 fully saturated rings. The van der Waals surface area contributed by atoms with Crippen LogP contribution in [0.3, 0.4) is 0 Å². The molecule has 0 aliphatic carbocycles. The smallest absolute Gasteiger partial charge is 0.358 e. The van der Waals surface area contributed by atoms with Gasteiger partial charge in [0.25, 0.3) is 0 Å². The molecule has 1 N–H and O–H groups in total. The lowest BCUT2D eigenvalue weighted by Crippen LogP contribution is -2.33. The zero-order chi connectivity index (χ0) is 21.5. The number of hydrogen-bond acceptors (Lipinski definition) is 5. The molecule has 0 bridgehead atoms. The van der Waals surface area contributed by atoms with Crippen molar-refractivity contribution < 1.29 is 19.0 Å². The summed E-state index contributed by atoms with van der Waals surface area (Å²) in [6, 6.07) is 3.98. The Labute approximate surface area is 179 Å². The van der Waals surface area contributed by atoms with Crippen molar-refractivity contribution >= 4 is 16.9 Å². The van der Waals surface area contributed by atoms with Crippen LogP contribution in [0.1, 0.15) is 69.4 Å². The first-order chi connectivity index (χ1) is 14.5. The third kappa shape index (κ3) is 5.48. The van der Waals surface area contributed by atoms with Crippen molar-refractivity contribution in [1.29, 1.82) is 0 Å². The summed E-state index contributed by atoms with van der Waals surface area (Å²) < 4.78 is 17.6. The highest BCUT2D eigenvalue weighted by molar-refractivity contribution is 6.02. The number of rotatable bonds is 10. The van der Waals surface area contributed by atoms with Crippen LogP contribution in [0, 0.1) is 0 Å². The first-order valence-electron chi connectivity index (χ1n) is 11.4. The normalized spacial score (nSPS) is 15.0. The van der Waals surface area contributed by atoms with Crippen molar-refractivity contribution in [1.82, 2.24) is 9.88 Å². The Bertz CT molecular complexity index is 837. The second-order valence-electron chi connectivity index (χ2n) is 8.24. The minimum absolute atomic E-state index is 0.0807. The lowest BCUT2D eigenvalue weighted by atomic mass is 10.1. The average molecular weight is 417 g/mol. The van der Waals surface area contributed by atoms with Crippen molar-refractivity contribution in [3.05, 3.63) is 23.4 Å². The van der Waals surface area contributed by atoms with Crippen molar-refractivity contribution in [3.8, 4) is 11.5 Å². The predicted molar refractivity (Wildman–Crippen MR) is 120 cm³/mol. The zero-order valence-electron chi connectivity index (χ0n) is 18.9. The van der Waals surface area contributed by atoms with E-state index in [-0.39, 0.29) is 12.1 Å². The maximum atomic E-state index is 12.9. The van der Waals surface area contributed by atoms with Gasteiger partial charge in [-0.15, -0.1) is 0 Å². The van der Waals surface area contributed by atoms with Gasteiger partial charge >= 0.3 is 5.97 Å². The van der Waals surface area contributed by atoms with Crippen molar-refractivity contribution in [2.45, 2.75) is 65.9 Å². The Kier molecular flexibility index (Phi) is 8.02. The van der Waals surface area contributed by atoms with E-state index in [0.717, 1.165) is 54.7 Å². The molecule has 0 unspecified atom stereocenters. The second-order valence-corrected chi connectivity index (χ2v) is 8.24. The monoisotopic (exact) mass is 416 g/mol. The minimum atomic E-state index is -0.359. The number of carbonyl (C=O) groups is 1. The quantitative estimate of drug-likeness (QED) is 0.555. The topological polar surface area (TPSA) is 63.8 Å². The van der Waals surface area contributed by atoms with Crippen molar-refractivity contribution in [2.24, 2.45) is 0 Å². The summed E-state index contributed by atoms with van der Waals surface area (Å²) in [6.07, 6.45) is 5.52. The number of ether oxygens (including phenoxy) is 3. The maximum absolute atomic E-state index is 12.9. The highest BCUT2D eigenvalue weighted by atomic mass is 16.5. The summed E-state index contributed by atoms with van der Waals surface area (Å²) in [6.45, 7) is 12.1. The molecular formula is C24H36N2O4. The van der Waals surface area contributed by atoms with Crippen LogP contribution in [0.15, 0.2) is 12.1 Å². The van der Waals surface area contributed by atoms with Crippen LogP contribution in [0.5, 0.6) is 11.5 Å². The van der Waals surface area contributed by atoms with Crippen molar-refractivity contribution in [2.75, 3.05) is 32.8 Å². The maximum Gasteiger partial charge on any atom is 0.358 e. The van der Waals surface area contributed by atoms with Gasteiger partial charge in [-0.25, -0.2) is 4.79 Å². The molecule has 0 saturated carbocycles. The van der Waals surface area contributed by atoms with E-state index in [2.05, 4.69) is 23.7 Å². The molecule has 1 saturated heterocycles. The second kappa shape index (κ2) is 10.7. The van der Waals surface area contributed by atoms with Crippen LogP contribution < -0.4 is 9.47 Å². The fourth-order valence-electron chi connectivity index (χ4n) is 3.99. The molecule has 0 amide bonds. The van der Waals surface area contributed by atoms with E-state index in [4.69, 9.17) is 14.2 Å². The Morgan fingerprint density at radius 2 is 1.90 bits per heavy atom. The molecule has 6 nitrogen and oxygen atoms in total. The van der Waals surface area contributed by atoms with Gasteiger partial charge in [-0.2, -0.15) is 0 Å². The molecule has 0 atom stereocenters. The van der Waals surface area contributed by atoms with E-state index in [1.807, 2.05) is 26.0 Å². The molecule has 1 aliphatic heterocycles. The molecule has 1 aromatic heterocycles. The molecule has 1 aromatic carbocycles. The number of piperidine rings is 1. The number of benzene rings is 1. The molecule has 2 heterocycles. The average Bonchev–Trinajstić information content (AvgIpc) is 3.10. The first kappa shape index (κ1) is 22.5. The van der Waals surface area contributed by atoms with E-state index in [1.54, 1.807) is 0 Å². The fourth-order valence-corrected chi connectivity index (χ4v) is 3.99. The predicted octanol–water partition coefficient (Wildman–Crippen LogP) is 4.95. The fraction of sp³-hybridized carbons (Fsp3) is 0.625. The largest absolute Gasteiger partial charge is 0.491 e. The number of fused-ring (bicyclic) bond motifs is 1. The number of nitrogens with zero attached hydrogens (tertiary/aromatic N) is 1. The van der Waals surface area contributed by atoms with Crippen LogP contribution in [0.25, 0.3) is 10.9 Å². The third-order valence-corrected chi connectivity index (χ3v) is 5.40. The number of aromatic amines is 1. The van der Waals surface area contributed by atoms with Gasteiger partial charge in [0.2, 0.25) is 0 Å². The van der Waals surface area contributed by atoms with Crippen molar-refractivity contribution in [3.63, 3.8) is 0 Å². The summed E-state index contributed by atoms with van der Waals surface area (Å²) in [5, 5.41) is 0.949. The molecule has 166 valence electrons. The number of nitrogens with one attached hydrogen (secondary N) is 1. The van der Waals surface area contributed by atoms with Crippen LogP contribution in [-0.4, -0.2) is 54.8 Å². The van der Waals surface area contributed by atoms with Gasteiger partial charge in [-0.3, -0.25) is 4.90 Å². The first-order valence-corrected chi connectivity index (χ1v) is 11.4. The van der Waals surface area contributed by atoms with Gasteiger partial charge in [0.05, 0.1) is 18.2 Å². The molecular weight excluding hydrogens is 380 g/mol. The van der Waals surface area contributed by atoms with Crippen LogP contribution >= 0.6 is 0 Å². The molecule has 3 rings (SSSR count). The standard InChI is InChI=1S/C24H36N2O4/c1-5-13-28-23-21-18(6-2)15-19(30-17(3)4)16-20(21)25-22(23)24(27)29-14-12-26-10-8-7-9-11-26/h15-17,25H,5-14H2,1-4H3. The molecule has 0 spiro atoms. The van der Waals surface area contributed by atoms with Crippen LogP contribution in [0.4, 0.5) is 0 Å². The number of hydrogen-bond donors (Lipinski definition) is 1. The van der Waals surface area contributed by atoms with Crippen LogP contribution in [-0.2, 0) is 11.2 Å². The third-order valence-electron chi connectivity index (χ3n) is 5.40. The van der Waals surface area contributed by atoms with Gasteiger partial charge in [0, 0.05) is 18.0 Å². The van der Waals surface area contributed by atoms with Crippen LogP contribution in [0.2, 0.25) is 0 Å². The number of H-pyrrole nitrogens is 1. The van der Waals surface area contributed by atoms with E-state index < -0.39 is 0 Å². The zero-order valence-corrected chi connectivity index (χ0v) is 18.9. The molecule has 6 heteroatoms. The molecule has 1 aliphatic rings. The number of aromatic nitrogens is 1. The summed E-state index contributed by atoms with van der Waals surface area (Å²) in [5.41, 5.74) is 2.34. The van der Waals surface area contributed by atoms with Gasteiger partial charge < -0.3 is 19.2 Å². The van der Waals surface area contributed by atoms with Gasteiger partial charge in [0.1, 0.15) is 12.4 Å². The lowest BCUT2D eigenvalue weighted by molar-refractivity contribution is 0.0442. The number of carbonyl (C=O) groups excluding carboxylic acids is 1. The molecule has 30 heavy (non-hydrogen) atoms. The number of likely N-dealkylation sites (tertiary alicyclic amines) is 1. The highest BCUT2D eigenvalue weighted by Crippen LogP contribution is 2.37. The molecule has 0 radical (unpaired) electrons.